The Bertz CT molecular complexity index is 328. The molecule has 0 bridgehead atoms. The zero-order valence-corrected chi connectivity index (χ0v) is 15.3. The summed E-state index contributed by atoms with van der Waals surface area (Å²) in [6.07, 6.45) is 13.2. The zero-order chi connectivity index (χ0) is 15.9. The molecule has 0 spiro atoms. The van der Waals surface area contributed by atoms with Gasteiger partial charge >= 0.3 is 5.97 Å². The molecule has 0 saturated heterocycles. The third-order valence-corrected chi connectivity index (χ3v) is 6.31. The Hall–Kier alpha value is -0.180. The minimum absolute atomic E-state index is 0.0705. The molecule has 2 rings (SSSR count). The summed E-state index contributed by atoms with van der Waals surface area (Å²) >= 11 is 4.60. The Morgan fingerprint density at radius 2 is 1.59 bits per heavy atom. The minimum Gasteiger partial charge on any atom is -0.462 e. The van der Waals surface area contributed by atoms with E-state index in [-0.39, 0.29) is 18.0 Å². The van der Waals surface area contributed by atoms with Crippen LogP contribution in [-0.2, 0) is 9.53 Å². The van der Waals surface area contributed by atoms with Crippen molar-refractivity contribution in [2.24, 2.45) is 17.8 Å². The van der Waals surface area contributed by atoms with E-state index in [1.165, 1.54) is 44.9 Å². The summed E-state index contributed by atoms with van der Waals surface area (Å²) in [5.41, 5.74) is 0. The van der Waals surface area contributed by atoms with Gasteiger partial charge in [-0.05, 0) is 76.5 Å². The summed E-state index contributed by atoms with van der Waals surface area (Å²) in [6.45, 7) is 4.21. The van der Waals surface area contributed by atoms with Crippen molar-refractivity contribution < 1.29 is 9.53 Å². The van der Waals surface area contributed by atoms with Gasteiger partial charge in [-0.2, -0.15) is 12.6 Å². The second-order valence-corrected chi connectivity index (χ2v) is 8.30. The maximum Gasteiger partial charge on any atom is 0.309 e. The average Bonchev–Trinajstić information content (AvgIpc) is 2.54. The zero-order valence-electron chi connectivity index (χ0n) is 14.4. The van der Waals surface area contributed by atoms with Gasteiger partial charge in [0.2, 0.25) is 0 Å². The topological polar surface area (TPSA) is 26.3 Å². The van der Waals surface area contributed by atoms with E-state index in [2.05, 4.69) is 19.6 Å². The lowest BCUT2D eigenvalue weighted by molar-refractivity contribution is -0.155. The van der Waals surface area contributed by atoms with Crippen LogP contribution in [0.4, 0.5) is 0 Å². The first-order valence-corrected chi connectivity index (χ1v) is 10.00. The summed E-state index contributed by atoms with van der Waals surface area (Å²) in [6, 6.07) is 0. The lowest BCUT2D eigenvalue weighted by Crippen LogP contribution is -2.30. The first-order valence-electron chi connectivity index (χ1n) is 9.48. The van der Waals surface area contributed by atoms with Crippen LogP contribution in [0.15, 0.2) is 0 Å². The molecule has 0 amide bonds. The number of thiol groups is 1. The molecule has 0 aromatic heterocycles. The third kappa shape index (κ3) is 5.47. The molecule has 2 aliphatic carbocycles. The van der Waals surface area contributed by atoms with Crippen LogP contribution in [0.5, 0.6) is 0 Å². The fourth-order valence-electron chi connectivity index (χ4n) is 4.24. The van der Waals surface area contributed by atoms with Crippen LogP contribution >= 0.6 is 12.6 Å². The Balaban J connectivity index is 1.69. The molecule has 3 heteroatoms. The number of hydrogen-bond acceptors (Lipinski definition) is 3. The summed E-state index contributed by atoms with van der Waals surface area (Å²) in [5.74, 6) is 1.98. The second kappa shape index (κ2) is 9.20. The van der Waals surface area contributed by atoms with E-state index >= 15 is 0 Å². The van der Waals surface area contributed by atoms with Crippen molar-refractivity contribution in [1.29, 1.82) is 0 Å². The smallest absolute Gasteiger partial charge is 0.309 e. The lowest BCUT2D eigenvalue weighted by atomic mass is 9.71. The molecule has 0 N–H and O–H groups in total. The summed E-state index contributed by atoms with van der Waals surface area (Å²) in [7, 11) is 0. The van der Waals surface area contributed by atoms with Gasteiger partial charge < -0.3 is 4.74 Å². The van der Waals surface area contributed by atoms with Crippen molar-refractivity contribution in [2.75, 3.05) is 0 Å². The Kier molecular flexibility index (Phi) is 7.59. The molecule has 1 unspecified atom stereocenters. The molecule has 1 atom stereocenters. The summed E-state index contributed by atoms with van der Waals surface area (Å²) in [5, 5.41) is 0.632. The van der Waals surface area contributed by atoms with E-state index in [1.54, 1.807) is 0 Å². The Morgan fingerprint density at radius 3 is 2.14 bits per heavy atom. The molecule has 2 aliphatic rings. The van der Waals surface area contributed by atoms with Crippen LogP contribution in [0.1, 0.15) is 84.5 Å². The molecule has 22 heavy (non-hydrogen) atoms. The van der Waals surface area contributed by atoms with Crippen molar-refractivity contribution >= 4 is 18.6 Å². The highest BCUT2D eigenvalue weighted by atomic mass is 32.1. The van der Waals surface area contributed by atoms with Crippen LogP contribution in [0, 0.1) is 17.8 Å². The first-order chi connectivity index (χ1) is 10.6. The van der Waals surface area contributed by atoms with E-state index in [0.717, 1.165) is 37.5 Å². The van der Waals surface area contributed by atoms with Crippen molar-refractivity contribution in [2.45, 2.75) is 95.8 Å². The van der Waals surface area contributed by atoms with Gasteiger partial charge in [0.15, 0.2) is 0 Å². The second-order valence-electron chi connectivity index (χ2n) is 7.57. The van der Waals surface area contributed by atoms with Gasteiger partial charge in [0.25, 0.3) is 0 Å². The predicted octanol–water partition coefficient (Wildman–Crippen LogP) is 5.40. The molecule has 2 fully saturated rings. The number of hydrogen-bond donors (Lipinski definition) is 1. The molecule has 2 nitrogen and oxygen atoms in total. The van der Waals surface area contributed by atoms with Gasteiger partial charge in [0.05, 0.1) is 12.0 Å². The minimum atomic E-state index is 0.0705. The van der Waals surface area contributed by atoms with E-state index in [9.17, 15) is 4.79 Å². The molecule has 128 valence electrons. The largest absolute Gasteiger partial charge is 0.462 e. The fourth-order valence-corrected chi connectivity index (χ4v) is 4.54. The van der Waals surface area contributed by atoms with Crippen LogP contribution in [-0.4, -0.2) is 17.3 Å². The number of ether oxygens (including phenoxy) is 1. The van der Waals surface area contributed by atoms with Crippen molar-refractivity contribution in [1.82, 2.24) is 0 Å². The van der Waals surface area contributed by atoms with Crippen molar-refractivity contribution in [3.05, 3.63) is 0 Å². The van der Waals surface area contributed by atoms with E-state index in [0.29, 0.717) is 5.25 Å². The summed E-state index contributed by atoms with van der Waals surface area (Å²) < 4.78 is 5.64. The number of esters is 1. The first kappa shape index (κ1) is 18.2. The fraction of sp³-hybridized carbons (Fsp3) is 0.947. The van der Waals surface area contributed by atoms with Gasteiger partial charge in [-0.25, -0.2) is 0 Å². The monoisotopic (exact) mass is 326 g/mol. The number of unbranched alkanes of at least 4 members (excludes halogenated alkanes) is 1. The van der Waals surface area contributed by atoms with Crippen LogP contribution in [0.25, 0.3) is 0 Å². The highest BCUT2D eigenvalue weighted by Gasteiger charge is 2.33. The highest BCUT2D eigenvalue weighted by molar-refractivity contribution is 7.80. The van der Waals surface area contributed by atoms with Gasteiger partial charge in [-0.15, -0.1) is 0 Å². The Labute approximate surface area is 142 Å². The van der Waals surface area contributed by atoms with Crippen LogP contribution < -0.4 is 0 Å². The summed E-state index contributed by atoms with van der Waals surface area (Å²) in [4.78, 5) is 12.3. The lowest BCUT2D eigenvalue weighted by Gasteiger charge is -2.36. The number of carbonyl (C=O) groups excluding carboxylic acids is 1. The van der Waals surface area contributed by atoms with Gasteiger partial charge in [-0.1, -0.05) is 19.8 Å². The van der Waals surface area contributed by atoms with Crippen LogP contribution in [0.3, 0.4) is 0 Å². The van der Waals surface area contributed by atoms with E-state index in [1.807, 2.05) is 6.92 Å². The van der Waals surface area contributed by atoms with Gasteiger partial charge in [0, 0.05) is 5.25 Å². The Morgan fingerprint density at radius 1 is 1.05 bits per heavy atom. The average molecular weight is 327 g/mol. The third-order valence-electron chi connectivity index (χ3n) is 5.79. The molecular weight excluding hydrogens is 292 g/mol. The van der Waals surface area contributed by atoms with Gasteiger partial charge in [0.1, 0.15) is 0 Å². The molecule has 0 aromatic rings. The maximum atomic E-state index is 12.3. The molecule has 0 radical (unpaired) electrons. The van der Waals surface area contributed by atoms with Gasteiger partial charge in [-0.3, -0.25) is 4.79 Å². The number of rotatable bonds is 6. The number of carbonyl (C=O) groups is 1. The van der Waals surface area contributed by atoms with Crippen molar-refractivity contribution in [3.63, 3.8) is 0 Å². The molecule has 0 heterocycles. The molecular formula is C19H34O2S. The van der Waals surface area contributed by atoms with E-state index in [4.69, 9.17) is 4.74 Å². The van der Waals surface area contributed by atoms with Crippen molar-refractivity contribution in [3.8, 4) is 0 Å². The maximum absolute atomic E-state index is 12.3. The quantitative estimate of drug-likeness (QED) is 0.522. The molecule has 0 aromatic carbocycles. The normalized spacial score (nSPS) is 34.1. The predicted molar refractivity (Wildman–Crippen MR) is 95.3 cm³/mol. The van der Waals surface area contributed by atoms with E-state index < -0.39 is 0 Å². The molecule has 2 saturated carbocycles. The van der Waals surface area contributed by atoms with Crippen LogP contribution in [0.2, 0.25) is 0 Å². The highest BCUT2D eigenvalue weighted by Crippen LogP contribution is 2.41. The standard InChI is InChI=1S/C19H34O2S/c1-3-4-5-14(2)21-19(20)17-8-6-15(7-9-17)16-10-12-18(22)13-11-16/h14-18,22H,3-13H2,1-2H3. The molecule has 0 aliphatic heterocycles. The SMILES string of the molecule is CCCCC(C)OC(=O)C1CCC(C2CCC(S)CC2)CC1.